The van der Waals surface area contributed by atoms with Gasteiger partial charge in [-0.3, -0.25) is 9.89 Å². The van der Waals surface area contributed by atoms with Crippen LogP contribution in [0, 0.1) is 5.92 Å². The first-order valence-corrected chi connectivity index (χ1v) is 11.4. The van der Waals surface area contributed by atoms with Crippen LogP contribution in [0.15, 0.2) is 4.99 Å². The van der Waals surface area contributed by atoms with Crippen molar-refractivity contribution in [1.82, 2.24) is 15.1 Å². The van der Waals surface area contributed by atoms with Crippen LogP contribution in [0.2, 0.25) is 0 Å². The average molecular weight is 391 g/mol. The van der Waals surface area contributed by atoms with E-state index in [0.717, 1.165) is 45.2 Å². The van der Waals surface area contributed by atoms with Gasteiger partial charge >= 0.3 is 0 Å². The Morgan fingerprint density at radius 3 is 2.69 bits per heavy atom. The lowest BCUT2D eigenvalue weighted by atomic mass is 10.1. The number of nitrogens with one attached hydrogen (secondary N) is 1. The van der Waals surface area contributed by atoms with E-state index in [1.54, 1.807) is 7.11 Å². The lowest BCUT2D eigenvalue weighted by molar-refractivity contribution is 0.0536. The van der Waals surface area contributed by atoms with Crippen LogP contribution in [-0.4, -0.2) is 108 Å². The summed E-state index contributed by atoms with van der Waals surface area (Å²) in [6.45, 7) is 9.66. The summed E-state index contributed by atoms with van der Waals surface area (Å²) in [4.78, 5) is 9.23. The molecule has 0 spiro atoms. The molecule has 1 atom stereocenters. The highest BCUT2D eigenvalue weighted by atomic mass is 32.2. The van der Waals surface area contributed by atoms with E-state index in [2.05, 4.69) is 22.0 Å². The zero-order chi connectivity index (χ0) is 18.8. The molecule has 0 saturated carbocycles. The fraction of sp³-hybridized carbons (Fsp3) is 0.941. The van der Waals surface area contributed by atoms with Crippen molar-refractivity contribution in [3.8, 4) is 0 Å². The highest BCUT2D eigenvalue weighted by molar-refractivity contribution is 7.91. The highest BCUT2D eigenvalue weighted by Gasteiger charge is 2.25. The zero-order valence-corrected chi connectivity index (χ0v) is 17.0. The van der Waals surface area contributed by atoms with E-state index in [4.69, 9.17) is 14.5 Å². The van der Waals surface area contributed by atoms with Gasteiger partial charge in [-0.25, -0.2) is 8.42 Å². The smallest absolute Gasteiger partial charge is 0.193 e. The van der Waals surface area contributed by atoms with Crippen LogP contribution >= 0.6 is 0 Å². The summed E-state index contributed by atoms with van der Waals surface area (Å²) >= 11 is 0. The van der Waals surface area contributed by atoms with Crippen LogP contribution in [0.5, 0.6) is 0 Å². The van der Waals surface area contributed by atoms with Crippen molar-refractivity contribution in [3.05, 3.63) is 0 Å². The largest absolute Gasteiger partial charge is 0.382 e. The summed E-state index contributed by atoms with van der Waals surface area (Å²) in [6, 6.07) is 0. The van der Waals surface area contributed by atoms with Crippen molar-refractivity contribution < 1.29 is 17.9 Å². The molecule has 2 aliphatic rings. The number of guanidine groups is 1. The minimum atomic E-state index is -2.81. The number of ether oxygens (including phenoxy) is 2. The molecule has 0 aromatic carbocycles. The Hall–Kier alpha value is -0.900. The van der Waals surface area contributed by atoms with Crippen LogP contribution in [0.4, 0.5) is 0 Å². The van der Waals surface area contributed by atoms with Crippen LogP contribution in [-0.2, 0) is 19.3 Å². The zero-order valence-electron chi connectivity index (χ0n) is 16.2. The molecule has 0 bridgehead atoms. The van der Waals surface area contributed by atoms with Gasteiger partial charge in [0.2, 0.25) is 0 Å². The molecule has 8 nitrogen and oxygen atoms in total. The van der Waals surface area contributed by atoms with Gasteiger partial charge in [-0.2, -0.15) is 0 Å². The number of hydrogen-bond acceptors (Lipinski definition) is 6. The molecule has 2 fully saturated rings. The van der Waals surface area contributed by atoms with E-state index in [-0.39, 0.29) is 11.5 Å². The molecule has 0 amide bonds. The van der Waals surface area contributed by atoms with Gasteiger partial charge in [0.15, 0.2) is 15.8 Å². The summed E-state index contributed by atoms with van der Waals surface area (Å²) in [5.41, 5.74) is 0. The summed E-state index contributed by atoms with van der Waals surface area (Å²) in [7, 11) is -1.13. The van der Waals surface area contributed by atoms with Crippen molar-refractivity contribution in [2.45, 2.75) is 13.3 Å². The predicted molar refractivity (Wildman–Crippen MR) is 103 cm³/mol. The SMILES string of the molecule is CCNC(=NCCN1CCS(=O)(=O)CC1)N1CCC(COCCOC)C1. The molecule has 0 aliphatic carbocycles. The lowest BCUT2D eigenvalue weighted by Crippen LogP contribution is -2.43. The molecular formula is C17H34N4O4S. The summed E-state index contributed by atoms with van der Waals surface area (Å²) in [5.74, 6) is 2.03. The molecule has 1 unspecified atom stereocenters. The number of sulfone groups is 1. The Balaban J connectivity index is 1.74. The Morgan fingerprint density at radius 1 is 1.23 bits per heavy atom. The Labute approximate surface area is 157 Å². The summed E-state index contributed by atoms with van der Waals surface area (Å²) in [6.07, 6.45) is 1.11. The third-order valence-electron chi connectivity index (χ3n) is 4.82. The third-order valence-corrected chi connectivity index (χ3v) is 6.43. The maximum absolute atomic E-state index is 11.5. The number of aliphatic imine (C=N–C) groups is 1. The van der Waals surface area contributed by atoms with Gasteiger partial charge in [0.25, 0.3) is 0 Å². The van der Waals surface area contributed by atoms with Crippen molar-refractivity contribution in [2.24, 2.45) is 10.9 Å². The Bertz CT molecular complexity index is 527. The first-order chi connectivity index (χ1) is 12.5. The van der Waals surface area contributed by atoms with E-state index in [9.17, 15) is 8.42 Å². The van der Waals surface area contributed by atoms with Gasteiger partial charge in [0, 0.05) is 52.3 Å². The van der Waals surface area contributed by atoms with Gasteiger partial charge in [-0.15, -0.1) is 0 Å². The first-order valence-electron chi connectivity index (χ1n) is 9.56. The average Bonchev–Trinajstić information content (AvgIpc) is 3.08. The molecule has 0 radical (unpaired) electrons. The number of methoxy groups -OCH3 is 1. The molecule has 9 heteroatoms. The number of rotatable bonds is 9. The second kappa shape index (κ2) is 11.1. The minimum Gasteiger partial charge on any atom is -0.382 e. The van der Waals surface area contributed by atoms with E-state index < -0.39 is 9.84 Å². The molecule has 26 heavy (non-hydrogen) atoms. The summed E-state index contributed by atoms with van der Waals surface area (Å²) in [5, 5.41) is 3.37. The maximum atomic E-state index is 11.5. The lowest BCUT2D eigenvalue weighted by Gasteiger charge is -2.26. The minimum absolute atomic E-state index is 0.271. The monoisotopic (exact) mass is 390 g/mol. The normalized spacial score (nSPS) is 24.2. The van der Waals surface area contributed by atoms with E-state index in [1.165, 1.54) is 0 Å². The number of hydrogen-bond donors (Lipinski definition) is 1. The van der Waals surface area contributed by atoms with Crippen LogP contribution in [0.1, 0.15) is 13.3 Å². The molecule has 2 rings (SSSR count). The first kappa shape index (κ1) is 21.4. The second-order valence-corrected chi connectivity index (χ2v) is 9.20. The Kier molecular flexibility index (Phi) is 9.10. The topological polar surface area (TPSA) is 83.5 Å². The van der Waals surface area contributed by atoms with Crippen LogP contribution in [0.25, 0.3) is 0 Å². The van der Waals surface area contributed by atoms with Crippen molar-refractivity contribution in [1.29, 1.82) is 0 Å². The number of nitrogens with zero attached hydrogens (tertiary/aromatic N) is 3. The van der Waals surface area contributed by atoms with E-state index >= 15 is 0 Å². The fourth-order valence-electron chi connectivity index (χ4n) is 3.25. The van der Waals surface area contributed by atoms with Crippen molar-refractivity contribution in [2.75, 3.05) is 84.2 Å². The molecule has 2 heterocycles. The van der Waals surface area contributed by atoms with Gasteiger partial charge in [0.05, 0.1) is 37.9 Å². The molecule has 2 saturated heterocycles. The molecule has 152 valence electrons. The van der Waals surface area contributed by atoms with Gasteiger partial charge in [0.1, 0.15) is 0 Å². The summed E-state index contributed by atoms with van der Waals surface area (Å²) < 4.78 is 33.6. The highest BCUT2D eigenvalue weighted by Crippen LogP contribution is 2.16. The van der Waals surface area contributed by atoms with Crippen LogP contribution in [0.3, 0.4) is 0 Å². The Morgan fingerprint density at radius 2 is 2.00 bits per heavy atom. The van der Waals surface area contributed by atoms with Crippen molar-refractivity contribution in [3.63, 3.8) is 0 Å². The molecule has 2 aliphatic heterocycles. The molecular weight excluding hydrogens is 356 g/mol. The number of likely N-dealkylation sites (tertiary alicyclic amines) is 1. The second-order valence-electron chi connectivity index (χ2n) is 6.90. The van der Waals surface area contributed by atoms with Crippen molar-refractivity contribution >= 4 is 15.8 Å². The maximum Gasteiger partial charge on any atom is 0.193 e. The van der Waals surface area contributed by atoms with E-state index in [0.29, 0.717) is 38.8 Å². The van der Waals surface area contributed by atoms with Gasteiger partial charge < -0.3 is 19.7 Å². The molecule has 1 N–H and O–H groups in total. The van der Waals surface area contributed by atoms with Gasteiger partial charge in [-0.05, 0) is 13.3 Å². The van der Waals surface area contributed by atoms with Gasteiger partial charge in [-0.1, -0.05) is 0 Å². The quantitative estimate of drug-likeness (QED) is 0.328. The van der Waals surface area contributed by atoms with Crippen LogP contribution < -0.4 is 5.32 Å². The fourth-order valence-corrected chi connectivity index (χ4v) is 4.53. The van der Waals surface area contributed by atoms with E-state index in [1.807, 2.05) is 0 Å². The molecule has 0 aromatic heterocycles. The third kappa shape index (κ3) is 7.38. The standard InChI is InChI=1S/C17H34N4O4S/c1-3-18-17(19-5-7-20-8-12-26(22,23)13-9-20)21-6-4-16(14-21)15-25-11-10-24-2/h16H,3-15H2,1-2H3,(H,18,19). The predicted octanol–water partition coefficient (Wildman–Crippen LogP) is -0.333. The molecule has 0 aromatic rings.